The minimum atomic E-state index is -3.85. The Morgan fingerprint density at radius 2 is 1.59 bits per heavy atom. The molecule has 0 aliphatic heterocycles. The van der Waals surface area contributed by atoms with Gasteiger partial charge in [0.2, 0.25) is 21.8 Å². The molecule has 0 radical (unpaired) electrons. The molecule has 0 aliphatic rings. The lowest BCUT2D eigenvalue weighted by Gasteiger charge is -2.34. The molecule has 7 nitrogen and oxygen atoms in total. The summed E-state index contributed by atoms with van der Waals surface area (Å²) in [5.74, 6) is -0.840. The number of carbonyl (C=O) groups excluding carboxylic acids is 2. The first kappa shape index (κ1) is 28.2. The summed E-state index contributed by atoms with van der Waals surface area (Å²) in [7, 11) is -2.33. The Kier molecular flexibility index (Phi) is 9.34. The fraction of sp³-hybridized carbons (Fsp3) is 0.286. The molecule has 9 heteroatoms. The van der Waals surface area contributed by atoms with Crippen molar-refractivity contribution in [2.24, 2.45) is 0 Å². The summed E-state index contributed by atoms with van der Waals surface area (Å²) in [5, 5.41) is 3.06. The molecule has 2 amide bonds. The minimum absolute atomic E-state index is 0.141. The highest BCUT2D eigenvalue weighted by Crippen LogP contribution is 2.28. The smallest absolute Gasteiger partial charge is 0.244 e. The molecule has 0 fully saturated rings. The van der Waals surface area contributed by atoms with E-state index in [0.717, 1.165) is 27.3 Å². The Labute approximate surface area is 224 Å². The predicted molar refractivity (Wildman–Crippen MR) is 148 cm³/mol. The van der Waals surface area contributed by atoms with Gasteiger partial charge in [-0.3, -0.25) is 13.9 Å². The Hall–Kier alpha value is -3.36. The van der Waals surface area contributed by atoms with Crippen molar-refractivity contribution in [1.29, 1.82) is 0 Å². The summed E-state index contributed by atoms with van der Waals surface area (Å²) in [6.07, 6.45) is 1.32. The fourth-order valence-corrected chi connectivity index (χ4v) is 5.22. The Morgan fingerprint density at radius 3 is 2.22 bits per heavy atom. The van der Waals surface area contributed by atoms with Crippen molar-refractivity contribution in [3.05, 3.63) is 100 Å². The molecule has 196 valence electrons. The summed E-state index contributed by atoms with van der Waals surface area (Å²) < 4.78 is 26.7. The van der Waals surface area contributed by atoms with Gasteiger partial charge in [-0.15, -0.1) is 0 Å². The Balaban J connectivity index is 2.07. The second-order valence-corrected chi connectivity index (χ2v) is 11.2. The number of hydrogen-bond acceptors (Lipinski definition) is 4. The Morgan fingerprint density at radius 1 is 0.946 bits per heavy atom. The van der Waals surface area contributed by atoms with E-state index < -0.39 is 28.5 Å². The number of rotatable bonds is 10. The zero-order valence-corrected chi connectivity index (χ0v) is 23.0. The molecular weight excluding hydrogens is 510 g/mol. The lowest BCUT2D eigenvalue weighted by atomic mass is 10.0. The molecule has 1 unspecified atom stereocenters. The minimum Gasteiger partial charge on any atom is -0.357 e. The topological polar surface area (TPSA) is 86.8 Å². The number of nitrogens with one attached hydrogen (secondary N) is 1. The lowest BCUT2D eigenvalue weighted by Crippen LogP contribution is -2.53. The number of anilines is 1. The van der Waals surface area contributed by atoms with E-state index in [1.807, 2.05) is 61.5 Å². The monoisotopic (exact) mass is 541 g/mol. The van der Waals surface area contributed by atoms with E-state index in [1.165, 1.54) is 11.9 Å². The zero-order valence-electron chi connectivity index (χ0n) is 21.4. The van der Waals surface area contributed by atoms with E-state index >= 15 is 0 Å². The van der Waals surface area contributed by atoms with Crippen LogP contribution in [0.4, 0.5) is 5.69 Å². The van der Waals surface area contributed by atoms with Gasteiger partial charge in [0.15, 0.2) is 0 Å². The molecule has 0 bridgehead atoms. The molecule has 0 aliphatic carbocycles. The second kappa shape index (κ2) is 12.3. The summed E-state index contributed by atoms with van der Waals surface area (Å²) in [6.45, 7) is 3.30. The van der Waals surface area contributed by atoms with E-state index in [2.05, 4.69) is 5.32 Å². The van der Waals surface area contributed by atoms with Crippen LogP contribution in [-0.4, -0.2) is 51.0 Å². The Bertz CT molecular complexity index is 1360. The highest BCUT2D eigenvalue weighted by atomic mass is 35.5. The van der Waals surface area contributed by atoms with Gasteiger partial charge in [-0.1, -0.05) is 72.3 Å². The third kappa shape index (κ3) is 7.11. The van der Waals surface area contributed by atoms with E-state index in [4.69, 9.17) is 11.6 Å². The molecule has 0 aromatic heterocycles. The van der Waals surface area contributed by atoms with Crippen LogP contribution in [0.5, 0.6) is 0 Å². The molecule has 0 saturated carbocycles. The maximum absolute atomic E-state index is 13.9. The van der Waals surface area contributed by atoms with Crippen LogP contribution >= 0.6 is 11.6 Å². The van der Waals surface area contributed by atoms with Gasteiger partial charge in [0.1, 0.15) is 12.6 Å². The first-order chi connectivity index (χ1) is 17.5. The van der Waals surface area contributed by atoms with Crippen LogP contribution in [0.2, 0.25) is 5.02 Å². The van der Waals surface area contributed by atoms with Crippen LogP contribution in [0, 0.1) is 13.8 Å². The molecule has 1 N–H and O–H groups in total. The SMILES string of the molecule is CNC(=O)C(Cc1ccccc1)N(Cc1ccccc1C)C(=O)CN(c1cccc(Cl)c1C)S(C)(=O)=O. The third-order valence-corrected chi connectivity index (χ3v) is 7.84. The maximum atomic E-state index is 13.9. The van der Waals surface area contributed by atoms with Crippen molar-refractivity contribution in [3.63, 3.8) is 0 Å². The zero-order chi connectivity index (χ0) is 27.2. The van der Waals surface area contributed by atoms with Crippen molar-refractivity contribution >= 4 is 39.1 Å². The van der Waals surface area contributed by atoms with E-state index in [1.54, 1.807) is 25.1 Å². The molecule has 0 spiro atoms. The summed E-state index contributed by atoms with van der Waals surface area (Å²) >= 11 is 6.26. The van der Waals surface area contributed by atoms with Crippen molar-refractivity contribution in [1.82, 2.24) is 10.2 Å². The molecule has 1 atom stereocenters. The van der Waals surface area contributed by atoms with Crippen molar-refractivity contribution < 1.29 is 18.0 Å². The second-order valence-electron chi connectivity index (χ2n) is 8.92. The number of likely N-dealkylation sites (N-methyl/N-ethyl adjacent to an activating group) is 1. The van der Waals surface area contributed by atoms with Crippen LogP contribution < -0.4 is 9.62 Å². The summed E-state index contributed by atoms with van der Waals surface area (Å²) in [4.78, 5) is 28.5. The van der Waals surface area contributed by atoms with Crippen molar-refractivity contribution in [2.75, 3.05) is 24.2 Å². The fourth-order valence-electron chi connectivity index (χ4n) is 4.15. The first-order valence-corrected chi connectivity index (χ1v) is 14.1. The molecule has 3 aromatic carbocycles. The van der Waals surface area contributed by atoms with Gasteiger partial charge in [0.05, 0.1) is 11.9 Å². The highest BCUT2D eigenvalue weighted by molar-refractivity contribution is 7.92. The number of nitrogens with zero attached hydrogens (tertiary/aromatic N) is 2. The number of benzene rings is 3. The predicted octanol–water partition coefficient (Wildman–Crippen LogP) is 4.11. The number of carbonyl (C=O) groups is 2. The average molecular weight is 542 g/mol. The first-order valence-electron chi connectivity index (χ1n) is 11.8. The third-order valence-electron chi connectivity index (χ3n) is 6.31. The van der Waals surface area contributed by atoms with E-state index in [0.29, 0.717) is 16.3 Å². The van der Waals surface area contributed by atoms with Crippen LogP contribution in [0.3, 0.4) is 0 Å². The molecule has 37 heavy (non-hydrogen) atoms. The van der Waals surface area contributed by atoms with E-state index in [9.17, 15) is 18.0 Å². The van der Waals surface area contributed by atoms with Gasteiger partial charge in [-0.25, -0.2) is 8.42 Å². The molecule has 0 heterocycles. The number of halogens is 1. The molecule has 0 saturated heterocycles. The maximum Gasteiger partial charge on any atom is 0.244 e. The molecule has 3 rings (SSSR count). The van der Waals surface area contributed by atoms with Crippen molar-refractivity contribution in [2.45, 2.75) is 32.9 Å². The van der Waals surface area contributed by atoms with Crippen molar-refractivity contribution in [3.8, 4) is 0 Å². The number of aryl methyl sites for hydroxylation is 1. The van der Waals surface area contributed by atoms with Gasteiger partial charge < -0.3 is 10.2 Å². The molecular formula is C28H32ClN3O4S. The average Bonchev–Trinajstić information content (AvgIpc) is 2.87. The van der Waals surface area contributed by atoms with Crippen LogP contribution in [0.25, 0.3) is 0 Å². The van der Waals surface area contributed by atoms with Crippen LogP contribution in [0.1, 0.15) is 22.3 Å². The van der Waals surface area contributed by atoms with Crippen LogP contribution in [0.15, 0.2) is 72.8 Å². The van der Waals surface area contributed by atoms with Gasteiger partial charge in [-0.05, 0) is 48.2 Å². The van der Waals surface area contributed by atoms with Gasteiger partial charge in [0.25, 0.3) is 0 Å². The number of sulfonamides is 1. The van der Waals surface area contributed by atoms with Crippen LogP contribution in [-0.2, 0) is 32.6 Å². The number of hydrogen-bond donors (Lipinski definition) is 1. The normalized spacial score (nSPS) is 12.0. The quantitative estimate of drug-likeness (QED) is 0.418. The standard InChI is InChI=1S/C28H32ClN3O4S/c1-20-11-8-9-14-23(20)18-31(26(28(34)30-3)17-22-12-6-5-7-13-22)27(33)19-32(37(4,35)36)25-16-10-15-24(29)21(25)2/h5-16,26H,17-19H2,1-4H3,(H,30,34). The summed E-state index contributed by atoms with van der Waals surface area (Å²) in [6, 6.07) is 21.1. The summed E-state index contributed by atoms with van der Waals surface area (Å²) in [5.41, 5.74) is 3.56. The van der Waals surface area contributed by atoms with E-state index in [-0.39, 0.29) is 18.9 Å². The highest BCUT2D eigenvalue weighted by Gasteiger charge is 2.33. The lowest BCUT2D eigenvalue weighted by molar-refractivity contribution is -0.139. The van der Waals surface area contributed by atoms with Gasteiger partial charge >= 0.3 is 0 Å². The largest absolute Gasteiger partial charge is 0.357 e. The van der Waals surface area contributed by atoms with Gasteiger partial charge in [-0.2, -0.15) is 0 Å². The number of amides is 2. The molecule has 3 aromatic rings. The van der Waals surface area contributed by atoms with Gasteiger partial charge in [0, 0.05) is 25.0 Å².